The maximum absolute atomic E-state index is 11.5. The van der Waals surface area contributed by atoms with Crippen LogP contribution in [0.3, 0.4) is 0 Å². The molecule has 0 aromatic carbocycles. The maximum atomic E-state index is 11.5. The van der Waals surface area contributed by atoms with Crippen molar-refractivity contribution in [1.29, 1.82) is 10.8 Å². The molecule has 4 atom stereocenters. The van der Waals surface area contributed by atoms with Gasteiger partial charge in [-0.3, -0.25) is 10.8 Å². The molecule has 9 N–H and O–H groups in total. The number of amides is 1. The van der Waals surface area contributed by atoms with Crippen molar-refractivity contribution >= 4 is 18.0 Å². The first-order valence-corrected chi connectivity index (χ1v) is 7.53. The van der Waals surface area contributed by atoms with Gasteiger partial charge >= 0.3 is 6.09 Å². The normalized spacial score (nSPS) is 36.2. The highest BCUT2D eigenvalue weighted by Gasteiger charge is 2.74. The van der Waals surface area contributed by atoms with E-state index in [4.69, 9.17) is 15.6 Å². The number of guanidine groups is 2. The van der Waals surface area contributed by atoms with Crippen LogP contribution < -0.4 is 21.3 Å². The van der Waals surface area contributed by atoms with E-state index in [-0.39, 0.29) is 25.1 Å². The molecule has 1 amide bonds. The van der Waals surface area contributed by atoms with Gasteiger partial charge in [0.2, 0.25) is 5.79 Å². The van der Waals surface area contributed by atoms with Crippen LogP contribution in [0.25, 0.3) is 0 Å². The zero-order valence-electron chi connectivity index (χ0n) is 13.0. The molecule has 0 bridgehead atoms. The van der Waals surface area contributed by atoms with Crippen LogP contribution in [0.4, 0.5) is 4.79 Å². The Kier molecular flexibility index (Phi) is 3.69. The van der Waals surface area contributed by atoms with Crippen molar-refractivity contribution < 1.29 is 24.9 Å². The standard InChI is InChI=1S/C12H21N7O5/c1-2-15-10(21)24-4-5-7-11(18-8(13)17-7)12(22,23)6(20)3-19(11)9(14)16-5/h5-7,20,22-23H,2-4H2,1H3,(H2,14,16)(H,15,21)(H3,13,17,18)/t5-,6+,7?,11?/m0/s1. The van der Waals surface area contributed by atoms with Gasteiger partial charge in [0.1, 0.15) is 12.7 Å². The van der Waals surface area contributed by atoms with Crippen LogP contribution in [-0.4, -0.2) is 87.6 Å². The minimum atomic E-state index is -2.62. The van der Waals surface area contributed by atoms with Crippen molar-refractivity contribution in [3.8, 4) is 0 Å². The highest BCUT2D eigenvalue weighted by atomic mass is 16.6. The third-order valence-electron chi connectivity index (χ3n) is 4.58. The van der Waals surface area contributed by atoms with E-state index in [0.717, 1.165) is 0 Å². The SMILES string of the molecule is CCNC(=O)OC[C@@H]1NC(=N)N2C[C@@H](O)C(O)(O)C23NC(=N)NC13. The predicted molar refractivity (Wildman–Crippen MR) is 80.1 cm³/mol. The van der Waals surface area contributed by atoms with Crippen molar-refractivity contribution in [2.24, 2.45) is 0 Å². The Balaban J connectivity index is 1.89. The van der Waals surface area contributed by atoms with E-state index in [2.05, 4.69) is 21.3 Å². The molecule has 1 spiro atoms. The fourth-order valence-electron chi connectivity index (χ4n) is 3.51. The molecule has 0 aromatic rings. The Labute approximate surface area is 137 Å². The molecule has 12 nitrogen and oxygen atoms in total. The largest absolute Gasteiger partial charge is 0.447 e. The van der Waals surface area contributed by atoms with Gasteiger partial charge in [0, 0.05) is 6.54 Å². The predicted octanol–water partition coefficient (Wildman–Crippen LogP) is -3.81. The summed E-state index contributed by atoms with van der Waals surface area (Å²) in [4.78, 5) is 12.7. The molecule has 134 valence electrons. The summed E-state index contributed by atoms with van der Waals surface area (Å²) in [7, 11) is 0. The highest BCUT2D eigenvalue weighted by Crippen LogP contribution is 2.42. The average molecular weight is 343 g/mol. The molecular weight excluding hydrogens is 322 g/mol. The Bertz CT molecular complexity index is 584. The molecule has 3 saturated heterocycles. The number of carbonyl (C=O) groups is 1. The van der Waals surface area contributed by atoms with Gasteiger partial charge in [-0.05, 0) is 6.92 Å². The van der Waals surface area contributed by atoms with Crippen LogP contribution in [0.1, 0.15) is 6.92 Å². The molecule has 3 aliphatic rings. The Morgan fingerprint density at radius 3 is 2.83 bits per heavy atom. The van der Waals surface area contributed by atoms with Gasteiger partial charge in [-0.1, -0.05) is 0 Å². The second-order valence-electron chi connectivity index (χ2n) is 5.97. The van der Waals surface area contributed by atoms with Crippen LogP contribution >= 0.6 is 0 Å². The van der Waals surface area contributed by atoms with Crippen LogP contribution in [0.15, 0.2) is 0 Å². The molecule has 3 rings (SSSR count). The summed E-state index contributed by atoms with van der Waals surface area (Å²) in [6, 6.07) is -1.57. The first-order chi connectivity index (χ1) is 11.2. The number of rotatable bonds is 3. The van der Waals surface area contributed by atoms with Crippen LogP contribution in [0.5, 0.6) is 0 Å². The zero-order valence-corrected chi connectivity index (χ0v) is 13.0. The summed E-state index contributed by atoms with van der Waals surface area (Å²) in [6.07, 6.45) is -2.19. The van der Waals surface area contributed by atoms with Gasteiger partial charge in [-0.2, -0.15) is 0 Å². The number of aliphatic hydroxyl groups is 3. The van der Waals surface area contributed by atoms with E-state index < -0.39 is 35.7 Å². The average Bonchev–Trinajstić information content (AvgIpc) is 2.95. The van der Waals surface area contributed by atoms with Crippen LogP contribution in [-0.2, 0) is 4.74 Å². The quantitative estimate of drug-likeness (QED) is 0.232. The van der Waals surface area contributed by atoms with E-state index in [9.17, 15) is 20.1 Å². The summed E-state index contributed by atoms with van der Waals surface area (Å²) < 4.78 is 5.06. The van der Waals surface area contributed by atoms with Crippen LogP contribution in [0.2, 0.25) is 0 Å². The molecule has 3 aliphatic heterocycles. The van der Waals surface area contributed by atoms with Crippen molar-refractivity contribution in [1.82, 2.24) is 26.2 Å². The van der Waals surface area contributed by atoms with E-state index in [1.807, 2.05) is 0 Å². The topological polar surface area (TPSA) is 186 Å². The van der Waals surface area contributed by atoms with Gasteiger partial charge in [-0.25, -0.2) is 4.79 Å². The fourth-order valence-corrected chi connectivity index (χ4v) is 3.51. The summed E-state index contributed by atoms with van der Waals surface area (Å²) in [5.41, 5.74) is -1.72. The zero-order chi connectivity index (χ0) is 17.7. The lowest BCUT2D eigenvalue weighted by Crippen LogP contribution is -2.80. The van der Waals surface area contributed by atoms with Crippen molar-refractivity contribution in [2.75, 3.05) is 19.7 Å². The second kappa shape index (κ2) is 5.36. The van der Waals surface area contributed by atoms with Gasteiger partial charge in [0.25, 0.3) is 0 Å². The first-order valence-electron chi connectivity index (χ1n) is 7.53. The van der Waals surface area contributed by atoms with Gasteiger partial charge < -0.3 is 46.2 Å². The number of hydrogen-bond donors (Lipinski definition) is 9. The molecule has 3 heterocycles. The first kappa shape index (κ1) is 16.5. The van der Waals surface area contributed by atoms with Crippen molar-refractivity contribution in [3.05, 3.63) is 0 Å². The van der Waals surface area contributed by atoms with Gasteiger partial charge in [-0.15, -0.1) is 0 Å². The number of nitrogens with one attached hydrogen (secondary N) is 6. The molecule has 0 saturated carbocycles. The Morgan fingerprint density at radius 1 is 1.46 bits per heavy atom. The molecule has 0 radical (unpaired) electrons. The number of alkyl carbamates (subject to hydrolysis) is 1. The van der Waals surface area contributed by atoms with Crippen LogP contribution in [0, 0.1) is 10.8 Å². The molecule has 0 aromatic heterocycles. The monoisotopic (exact) mass is 343 g/mol. The summed E-state index contributed by atoms with van der Waals surface area (Å²) >= 11 is 0. The summed E-state index contributed by atoms with van der Waals surface area (Å²) in [6.45, 7) is 1.74. The second-order valence-corrected chi connectivity index (χ2v) is 5.97. The number of carbonyl (C=O) groups excluding carboxylic acids is 1. The number of ether oxygens (including phenoxy) is 1. The molecular formula is C12H21N7O5. The molecule has 24 heavy (non-hydrogen) atoms. The Hall–Kier alpha value is -2.31. The maximum Gasteiger partial charge on any atom is 0.407 e. The van der Waals surface area contributed by atoms with E-state index >= 15 is 0 Å². The molecule has 2 unspecified atom stereocenters. The van der Waals surface area contributed by atoms with E-state index in [0.29, 0.717) is 6.54 Å². The molecule has 3 fully saturated rings. The number of aliphatic hydroxyl groups excluding tert-OH is 1. The third kappa shape index (κ3) is 2.07. The molecule has 12 heteroatoms. The third-order valence-corrected chi connectivity index (χ3v) is 4.58. The number of hydrogen-bond acceptors (Lipinski definition) is 7. The lowest BCUT2D eigenvalue weighted by Gasteiger charge is -2.50. The fraction of sp³-hybridized carbons (Fsp3) is 0.750. The minimum Gasteiger partial charge on any atom is -0.447 e. The highest BCUT2D eigenvalue weighted by molar-refractivity contribution is 5.87. The van der Waals surface area contributed by atoms with Gasteiger partial charge in [0.05, 0.1) is 18.6 Å². The molecule has 0 aliphatic carbocycles. The van der Waals surface area contributed by atoms with Crippen molar-refractivity contribution in [3.63, 3.8) is 0 Å². The van der Waals surface area contributed by atoms with E-state index in [1.165, 1.54) is 4.90 Å². The Morgan fingerprint density at radius 2 is 2.17 bits per heavy atom. The van der Waals surface area contributed by atoms with E-state index in [1.54, 1.807) is 6.92 Å². The smallest absolute Gasteiger partial charge is 0.407 e. The summed E-state index contributed by atoms with van der Waals surface area (Å²) in [5.74, 6) is -2.99. The lowest BCUT2D eigenvalue weighted by atomic mass is 9.85. The summed E-state index contributed by atoms with van der Waals surface area (Å²) in [5, 5.41) is 57.4. The lowest BCUT2D eigenvalue weighted by molar-refractivity contribution is -0.258. The number of nitrogens with zero attached hydrogens (tertiary/aromatic N) is 1. The van der Waals surface area contributed by atoms with Crippen molar-refractivity contribution in [2.45, 2.75) is 36.6 Å². The van der Waals surface area contributed by atoms with Gasteiger partial charge in [0.15, 0.2) is 17.6 Å². The minimum absolute atomic E-state index is 0.177.